The van der Waals surface area contributed by atoms with Gasteiger partial charge in [-0.15, -0.1) is 23.2 Å². The zero-order valence-corrected chi connectivity index (χ0v) is 6.96. The molecule has 0 N–H and O–H groups in total. The van der Waals surface area contributed by atoms with E-state index < -0.39 is 0 Å². The van der Waals surface area contributed by atoms with E-state index in [-0.39, 0.29) is 14.0 Å². The molecule has 0 aromatic heterocycles. The van der Waals surface area contributed by atoms with Crippen LogP contribution in [-0.4, -0.2) is 21.8 Å². The van der Waals surface area contributed by atoms with Crippen molar-refractivity contribution in [3.63, 3.8) is 0 Å². The Hall–Kier alpha value is 0.862. The van der Waals surface area contributed by atoms with Gasteiger partial charge in [0.05, 0.1) is 21.8 Å². The van der Waals surface area contributed by atoms with Crippen molar-refractivity contribution in [3.05, 3.63) is 0 Å². The molecule has 0 spiro atoms. The van der Waals surface area contributed by atoms with Gasteiger partial charge in [0.25, 0.3) is 0 Å². The molecule has 40 valence electrons. The zero-order valence-electron chi connectivity index (χ0n) is 4.03. The maximum atomic E-state index is 5.43. The van der Waals surface area contributed by atoms with E-state index in [4.69, 9.17) is 31.0 Å². The van der Waals surface area contributed by atoms with Gasteiger partial charge in [0.1, 0.15) is 0 Å². The molecule has 0 aliphatic rings. The van der Waals surface area contributed by atoms with E-state index in [1.165, 1.54) is 0 Å². The number of hydrogen-bond acceptors (Lipinski definition) is 0. The van der Waals surface area contributed by atoms with Gasteiger partial charge in [0.2, 0.25) is 0 Å². The summed E-state index contributed by atoms with van der Waals surface area (Å²) in [5, 5.41) is 0. The Morgan fingerprint density at radius 2 is 2.14 bits per heavy atom. The van der Waals surface area contributed by atoms with E-state index in [9.17, 15) is 0 Å². The molecule has 0 unspecified atom stereocenters. The smallest absolute Gasteiger partial charge is 0.0907 e. The molecule has 0 aromatic rings. The Labute approximate surface area is 57.8 Å². The summed E-state index contributed by atoms with van der Waals surface area (Å²) in [6.45, 7) is 0. The van der Waals surface area contributed by atoms with Crippen LogP contribution in [0.25, 0.3) is 0 Å². The molecule has 0 aliphatic heterocycles. The van der Waals surface area contributed by atoms with E-state index in [2.05, 4.69) is 0 Å². The van der Waals surface area contributed by atoms with Crippen LogP contribution in [-0.2, 0) is 0 Å². The lowest BCUT2D eigenvalue weighted by Crippen LogP contribution is -1.99. The summed E-state index contributed by atoms with van der Waals surface area (Å²) in [5.41, 5.74) is 0. The lowest BCUT2D eigenvalue weighted by Gasteiger charge is -1.93. The van der Waals surface area contributed by atoms with Gasteiger partial charge in [-0.3, -0.25) is 0 Å². The molecular weight excluding hydrogens is 146 g/mol. The molecule has 0 amide bonds. The average molecular weight is 153 g/mol. The first-order valence-corrected chi connectivity index (χ1v) is 4.94. The third-order valence-electron chi connectivity index (χ3n) is 0.626. The van der Waals surface area contributed by atoms with E-state index in [1.807, 2.05) is 0 Å². The first kappa shape index (κ1) is 7.86. The van der Waals surface area contributed by atoms with Crippen LogP contribution in [0.5, 0.6) is 0 Å². The van der Waals surface area contributed by atoms with E-state index in [0.29, 0.717) is 0 Å². The molecule has 2 radical (unpaired) electrons. The molecule has 0 aromatic carbocycles. The highest BCUT2D eigenvalue weighted by Gasteiger charge is 1.95. The minimum atomic E-state index is -0.248. The monoisotopic (exact) mass is 152 g/mol. The minimum absolute atomic E-state index is 0.0939. The normalized spacial score (nSPS) is 11.9. The first-order valence-electron chi connectivity index (χ1n) is 2.25. The highest BCUT2D eigenvalue weighted by Crippen LogP contribution is 2.01. The maximum Gasteiger partial charge on any atom is 0.0907 e. The third-order valence-corrected chi connectivity index (χ3v) is 3.19. The van der Waals surface area contributed by atoms with Crippen molar-refractivity contribution in [1.29, 1.82) is 0 Å². The molecular formula is C3H7BCl2Si. The van der Waals surface area contributed by atoms with Gasteiger partial charge < -0.3 is 0 Å². The quantitative estimate of drug-likeness (QED) is 0.417. The van der Waals surface area contributed by atoms with E-state index in [0.717, 1.165) is 12.4 Å². The molecule has 0 saturated carbocycles. The molecule has 0 heterocycles. The second kappa shape index (κ2) is 5.01. The van der Waals surface area contributed by atoms with E-state index in [1.54, 1.807) is 0 Å². The summed E-state index contributed by atoms with van der Waals surface area (Å²) in [5.74, 6) is 0. The van der Waals surface area contributed by atoms with Gasteiger partial charge in [-0.05, 0) is 0 Å². The van der Waals surface area contributed by atoms with Crippen molar-refractivity contribution in [3.8, 4) is 0 Å². The summed E-state index contributed by atoms with van der Waals surface area (Å²) in [4.78, 5) is 0. The Morgan fingerprint density at radius 1 is 1.57 bits per heavy atom. The van der Waals surface area contributed by atoms with E-state index >= 15 is 0 Å². The molecule has 0 atom stereocenters. The van der Waals surface area contributed by atoms with Crippen molar-refractivity contribution < 1.29 is 0 Å². The maximum absolute atomic E-state index is 5.43. The van der Waals surface area contributed by atoms with Crippen LogP contribution in [0.15, 0.2) is 0 Å². The summed E-state index contributed by atoms with van der Waals surface area (Å²) >= 11 is 10.9. The second-order valence-electron chi connectivity index (χ2n) is 1.32. The minimum Gasteiger partial charge on any atom is -0.110 e. The molecule has 7 heavy (non-hydrogen) atoms. The number of rotatable bonds is 3. The topological polar surface area (TPSA) is 0 Å². The Balaban J connectivity index is 2.68. The molecule has 0 rings (SSSR count). The number of hydrogen-bond donors (Lipinski definition) is 0. The SMILES string of the molecule is [B]CC[SiH2]C(Cl)Cl. The fourth-order valence-corrected chi connectivity index (χ4v) is 1.74. The molecule has 0 nitrogen and oxygen atoms in total. The van der Waals surface area contributed by atoms with Crippen LogP contribution < -0.4 is 0 Å². The highest BCUT2D eigenvalue weighted by atomic mass is 35.5. The van der Waals surface area contributed by atoms with Gasteiger partial charge in [0.15, 0.2) is 0 Å². The van der Waals surface area contributed by atoms with Crippen molar-refractivity contribution in [2.45, 2.75) is 16.8 Å². The standard InChI is InChI=1S/C3H7BCl2Si/c4-1-2-7-3(5)6/h3H,1-2,7H2. The fourth-order valence-electron chi connectivity index (χ4n) is 0.272. The molecule has 4 heteroatoms. The first-order chi connectivity index (χ1) is 3.27. The summed E-state index contributed by atoms with van der Waals surface area (Å²) < 4.78 is -0.0939. The predicted octanol–water partition coefficient (Wildman–Crippen LogP) is 0.921. The van der Waals surface area contributed by atoms with Crippen molar-refractivity contribution in [2.75, 3.05) is 0 Å². The lowest BCUT2D eigenvalue weighted by molar-refractivity contribution is 1.42. The summed E-state index contributed by atoms with van der Waals surface area (Å²) in [6.07, 6.45) is 0.738. The fraction of sp³-hybridized carbons (Fsp3) is 1.00. The van der Waals surface area contributed by atoms with Crippen LogP contribution in [0.1, 0.15) is 0 Å². The van der Waals surface area contributed by atoms with Gasteiger partial charge in [-0.25, -0.2) is 0 Å². The largest absolute Gasteiger partial charge is 0.110 e. The lowest BCUT2D eigenvalue weighted by atomic mass is 10.1. The molecule has 0 fully saturated rings. The van der Waals surface area contributed by atoms with Gasteiger partial charge in [0, 0.05) is 0 Å². The van der Waals surface area contributed by atoms with Crippen LogP contribution >= 0.6 is 23.2 Å². The van der Waals surface area contributed by atoms with Crippen molar-refractivity contribution in [2.24, 2.45) is 0 Å². The van der Waals surface area contributed by atoms with Gasteiger partial charge >= 0.3 is 0 Å². The van der Waals surface area contributed by atoms with Crippen molar-refractivity contribution in [1.82, 2.24) is 0 Å². The number of halogens is 2. The van der Waals surface area contributed by atoms with Crippen molar-refractivity contribution >= 4 is 40.6 Å². The predicted molar refractivity (Wildman–Crippen MR) is 39.4 cm³/mol. The highest BCUT2D eigenvalue weighted by molar-refractivity contribution is 6.68. The van der Waals surface area contributed by atoms with Gasteiger partial charge in [-0.2, -0.15) is 0 Å². The average Bonchev–Trinajstić information content (AvgIpc) is 1.61. The van der Waals surface area contributed by atoms with Crippen LogP contribution in [0.2, 0.25) is 12.4 Å². The molecule has 0 bridgehead atoms. The summed E-state index contributed by atoms with van der Waals surface area (Å²) in [6, 6.07) is 1.05. The zero-order chi connectivity index (χ0) is 5.70. The summed E-state index contributed by atoms with van der Waals surface area (Å²) in [7, 11) is 4.95. The molecule has 0 aliphatic carbocycles. The van der Waals surface area contributed by atoms with Crippen LogP contribution in [0, 0.1) is 0 Å². The molecule has 0 saturated heterocycles. The Kier molecular flexibility index (Phi) is 5.62. The number of alkyl halides is 2. The van der Waals surface area contributed by atoms with Gasteiger partial charge in [-0.1, -0.05) is 12.4 Å². The van der Waals surface area contributed by atoms with Crippen LogP contribution in [0.3, 0.4) is 0 Å². The Bertz CT molecular complexity index is 41.9. The van der Waals surface area contributed by atoms with Crippen LogP contribution in [0.4, 0.5) is 0 Å². The third kappa shape index (κ3) is 6.86. The Morgan fingerprint density at radius 3 is 2.29 bits per heavy atom. The second-order valence-corrected chi connectivity index (χ2v) is 5.74.